The number of carbonyl (C=O) groups is 2. The van der Waals surface area contributed by atoms with E-state index in [2.05, 4.69) is 9.97 Å². The topological polar surface area (TPSA) is 72.1 Å². The first kappa shape index (κ1) is 14.3. The van der Waals surface area contributed by atoms with Crippen molar-refractivity contribution in [2.24, 2.45) is 0 Å². The highest BCUT2D eigenvalue weighted by atomic mass is 16.5. The van der Waals surface area contributed by atoms with Gasteiger partial charge < -0.3 is 9.72 Å². The maximum absolute atomic E-state index is 12.3. The number of aryl methyl sites for hydroxylation is 1. The predicted octanol–water partition coefficient (Wildman–Crippen LogP) is 3.16. The first-order valence-electron chi connectivity index (χ1n) is 7.16. The number of ether oxygens (including phenoxy) is 1. The molecular weight excluding hydrogens is 280 g/mol. The van der Waals surface area contributed by atoms with Gasteiger partial charge in [-0.1, -0.05) is 18.2 Å². The molecule has 5 nitrogen and oxygen atoms in total. The van der Waals surface area contributed by atoms with Crippen LogP contribution >= 0.6 is 0 Å². The van der Waals surface area contributed by atoms with Gasteiger partial charge in [0.05, 0.1) is 12.1 Å². The summed E-state index contributed by atoms with van der Waals surface area (Å²) in [5.74, 6) is -0.867. The number of para-hydroxylation sites is 1. The second-order valence-corrected chi connectivity index (χ2v) is 5.12. The molecule has 1 aromatic carbocycles. The van der Waals surface area contributed by atoms with Gasteiger partial charge in [0.15, 0.2) is 5.78 Å². The largest absolute Gasteiger partial charge is 0.466 e. The lowest BCUT2D eigenvalue weighted by Crippen LogP contribution is -2.13. The fourth-order valence-corrected chi connectivity index (χ4v) is 2.66. The van der Waals surface area contributed by atoms with Gasteiger partial charge in [0, 0.05) is 22.5 Å². The molecule has 0 amide bonds. The summed E-state index contributed by atoms with van der Waals surface area (Å²) < 4.78 is 4.83. The van der Waals surface area contributed by atoms with Crippen molar-refractivity contribution in [1.82, 2.24) is 9.97 Å². The second-order valence-electron chi connectivity index (χ2n) is 5.12. The van der Waals surface area contributed by atoms with E-state index in [9.17, 15) is 9.59 Å². The lowest BCUT2D eigenvalue weighted by molar-refractivity contribution is -0.141. The van der Waals surface area contributed by atoms with Crippen LogP contribution in [0.3, 0.4) is 0 Å². The normalized spacial score (nSPS) is 11.0. The summed E-state index contributed by atoms with van der Waals surface area (Å²) in [4.78, 5) is 31.3. The Balaban J connectivity index is 2.13. The summed E-state index contributed by atoms with van der Waals surface area (Å²) in [6.45, 7) is 3.92. The Morgan fingerprint density at radius 1 is 1.27 bits per heavy atom. The number of nitrogens with zero attached hydrogens (tertiary/aromatic N) is 1. The van der Waals surface area contributed by atoms with E-state index in [4.69, 9.17) is 4.74 Å². The van der Waals surface area contributed by atoms with Crippen LogP contribution in [-0.2, 0) is 9.53 Å². The minimum Gasteiger partial charge on any atom is -0.466 e. The second kappa shape index (κ2) is 5.60. The third-order valence-corrected chi connectivity index (χ3v) is 3.60. The molecule has 2 heterocycles. The number of hydrogen-bond acceptors (Lipinski definition) is 4. The maximum atomic E-state index is 12.3. The fraction of sp³-hybridized carbons (Fsp3) is 0.235. The first-order valence-corrected chi connectivity index (χ1v) is 7.16. The fourth-order valence-electron chi connectivity index (χ4n) is 2.66. The number of carbonyl (C=O) groups excluding carboxylic acids is 2. The molecule has 112 valence electrons. The number of hydrogen-bond donors (Lipinski definition) is 1. The highest BCUT2D eigenvalue weighted by Gasteiger charge is 2.19. The molecule has 3 aromatic rings. The number of pyridine rings is 1. The number of H-pyrrole nitrogens is 1. The Morgan fingerprint density at radius 2 is 2.05 bits per heavy atom. The van der Waals surface area contributed by atoms with E-state index in [1.807, 2.05) is 31.2 Å². The lowest BCUT2D eigenvalue weighted by Gasteiger charge is -2.04. The van der Waals surface area contributed by atoms with Crippen LogP contribution < -0.4 is 0 Å². The van der Waals surface area contributed by atoms with Crippen molar-refractivity contribution < 1.29 is 14.3 Å². The zero-order valence-corrected chi connectivity index (χ0v) is 12.5. The number of esters is 1. The van der Waals surface area contributed by atoms with E-state index < -0.39 is 5.97 Å². The summed E-state index contributed by atoms with van der Waals surface area (Å²) >= 11 is 0. The zero-order chi connectivity index (χ0) is 15.7. The molecule has 0 saturated heterocycles. The SMILES string of the molecule is CCOC(=O)CC(=O)c1ncc(C)c2c1[nH]c1ccccc12. The van der Waals surface area contributed by atoms with Crippen molar-refractivity contribution in [2.45, 2.75) is 20.3 Å². The summed E-state index contributed by atoms with van der Waals surface area (Å²) in [6.07, 6.45) is 1.37. The van der Waals surface area contributed by atoms with E-state index in [1.165, 1.54) is 0 Å². The average Bonchev–Trinajstić information content (AvgIpc) is 2.87. The molecule has 0 spiro atoms. The zero-order valence-electron chi connectivity index (χ0n) is 12.5. The van der Waals surface area contributed by atoms with E-state index in [0.29, 0.717) is 5.52 Å². The number of rotatable bonds is 4. The van der Waals surface area contributed by atoms with Gasteiger partial charge in [-0.15, -0.1) is 0 Å². The molecule has 0 fully saturated rings. The molecular formula is C17H16N2O3. The standard InChI is InChI=1S/C17H16N2O3/c1-3-22-14(21)8-13(20)16-17-15(10(2)9-18-16)11-6-4-5-7-12(11)19-17/h4-7,9,19H,3,8H2,1-2H3. The quantitative estimate of drug-likeness (QED) is 0.456. The molecule has 2 aromatic heterocycles. The van der Waals surface area contributed by atoms with Crippen LogP contribution in [0.15, 0.2) is 30.5 Å². The van der Waals surface area contributed by atoms with Crippen LogP contribution in [0.1, 0.15) is 29.4 Å². The number of ketones is 1. The van der Waals surface area contributed by atoms with Crippen molar-refractivity contribution in [1.29, 1.82) is 0 Å². The van der Waals surface area contributed by atoms with Crippen molar-refractivity contribution in [3.05, 3.63) is 41.7 Å². The van der Waals surface area contributed by atoms with E-state index in [-0.39, 0.29) is 24.5 Å². The number of fused-ring (bicyclic) bond motifs is 3. The van der Waals surface area contributed by atoms with Crippen LogP contribution in [0, 0.1) is 6.92 Å². The molecule has 5 heteroatoms. The Hall–Kier alpha value is -2.69. The molecule has 22 heavy (non-hydrogen) atoms. The van der Waals surface area contributed by atoms with Gasteiger partial charge in [-0.3, -0.25) is 14.6 Å². The molecule has 0 atom stereocenters. The van der Waals surface area contributed by atoms with E-state index in [0.717, 1.165) is 21.9 Å². The van der Waals surface area contributed by atoms with E-state index >= 15 is 0 Å². The van der Waals surface area contributed by atoms with Gasteiger partial charge >= 0.3 is 5.97 Å². The smallest absolute Gasteiger partial charge is 0.313 e. The maximum Gasteiger partial charge on any atom is 0.313 e. The van der Waals surface area contributed by atoms with Gasteiger partial charge in [-0.05, 0) is 25.5 Å². The van der Waals surface area contributed by atoms with Crippen molar-refractivity contribution in [2.75, 3.05) is 6.61 Å². The molecule has 1 N–H and O–H groups in total. The molecule has 0 radical (unpaired) electrons. The summed E-state index contributed by atoms with van der Waals surface area (Å²) in [7, 11) is 0. The van der Waals surface area contributed by atoms with Crippen LogP contribution in [0.4, 0.5) is 0 Å². The molecule has 0 saturated carbocycles. The number of benzene rings is 1. The van der Waals surface area contributed by atoms with Crippen LogP contribution in [-0.4, -0.2) is 28.3 Å². The third kappa shape index (κ3) is 2.35. The number of nitrogens with one attached hydrogen (secondary N) is 1. The monoisotopic (exact) mass is 296 g/mol. The van der Waals surface area contributed by atoms with Gasteiger partial charge in [0.25, 0.3) is 0 Å². The van der Waals surface area contributed by atoms with Crippen molar-refractivity contribution >= 4 is 33.6 Å². The van der Waals surface area contributed by atoms with Crippen LogP contribution in [0.25, 0.3) is 21.8 Å². The highest BCUT2D eigenvalue weighted by Crippen LogP contribution is 2.29. The molecule has 0 aliphatic rings. The molecule has 3 rings (SSSR count). The average molecular weight is 296 g/mol. The minimum atomic E-state index is -0.529. The first-order chi connectivity index (χ1) is 10.6. The summed E-state index contributed by atoms with van der Waals surface area (Å²) in [6, 6.07) is 7.84. The molecule has 0 aliphatic heterocycles. The van der Waals surface area contributed by atoms with Gasteiger partial charge in [-0.2, -0.15) is 0 Å². The van der Waals surface area contributed by atoms with Crippen LogP contribution in [0.2, 0.25) is 0 Å². The lowest BCUT2D eigenvalue weighted by atomic mass is 10.1. The molecule has 0 bridgehead atoms. The summed E-state index contributed by atoms with van der Waals surface area (Å²) in [5.41, 5.74) is 2.89. The molecule has 0 aliphatic carbocycles. The van der Waals surface area contributed by atoms with Gasteiger partial charge in [-0.25, -0.2) is 0 Å². The van der Waals surface area contributed by atoms with Crippen molar-refractivity contribution in [3.63, 3.8) is 0 Å². The Kier molecular flexibility index (Phi) is 3.63. The Morgan fingerprint density at radius 3 is 2.82 bits per heavy atom. The van der Waals surface area contributed by atoms with Gasteiger partial charge in [0.2, 0.25) is 0 Å². The Bertz CT molecular complexity index is 880. The number of aromatic amines is 1. The molecule has 0 unspecified atom stereocenters. The number of aromatic nitrogens is 2. The predicted molar refractivity (Wildman–Crippen MR) is 83.9 cm³/mol. The third-order valence-electron chi connectivity index (χ3n) is 3.60. The minimum absolute atomic E-state index is 0.259. The van der Waals surface area contributed by atoms with E-state index in [1.54, 1.807) is 13.1 Å². The summed E-state index contributed by atoms with van der Waals surface area (Å²) in [5, 5.41) is 2.01. The van der Waals surface area contributed by atoms with Gasteiger partial charge in [0.1, 0.15) is 12.1 Å². The highest BCUT2D eigenvalue weighted by molar-refractivity contribution is 6.17. The van der Waals surface area contributed by atoms with Crippen molar-refractivity contribution in [3.8, 4) is 0 Å². The number of Topliss-reactive ketones (excluding diaryl/α,β-unsaturated/α-hetero) is 1. The van der Waals surface area contributed by atoms with Crippen LogP contribution in [0.5, 0.6) is 0 Å². The Labute approximate surface area is 127 Å².